The molecule has 0 amide bonds. The van der Waals surface area contributed by atoms with Crippen LogP contribution in [0.25, 0.3) is 0 Å². The zero-order valence-electron chi connectivity index (χ0n) is 14.2. The Morgan fingerprint density at radius 1 is 1.29 bits per heavy atom. The number of nitrogens with zero attached hydrogens (tertiary/aromatic N) is 2. The maximum Gasteiger partial charge on any atom is 0.191 e. The molecule has 0 aliphatic rings. The number of aromatic nitrogens is 1. The van der Waals surface area contributed by atoms with Gasteiger partial charge in [-0.25, -0.2) is 4.39 Å². The third-order valence-corrected chi connectivity index (χ3v) is 3.47. The normalized spacial score (nSPS) is 11.3. The van der Waals surface area contributed by atoms with Crippen LogP contribution in [0, 0.1) is 5.82 Å². The van der Waals surface area contributed by atoms with E-state index in [-0.39, 0.29) is 29.8 Å². The van der Waals surface area contributed by atoms with Crippen molar-refractivity contribution >= 4 is 29.9 Å². The maximum absolute atomic E-state index is 13.5. The molecule has 0 saturated carbocycles. The summed E-state index contributed by atoms with van der Waals surface area (Å²) in [4.78, 5) is 4.14. The Bertz CT molecular complexity index is 658. The molecule has 7 heteroatoms. The molecular formula is C17H24FIN4O. The second-order valence-electron chi connectivity index (χ2n) is 5.57. The second kappa shape index (κ2) is 10.3. The van der Waals surface area contributed by atoms with Crippen molar-refractivity contribution in [2.24, 2.45) is 4.99 Å². The van der Waals surface area contributed by atoms with Crippen molar-refractivity contribution in [1.29, 1.82) is 0 Å². The molecule has 0 saturated heterocycles. The van der Waals surface area contributed by atoms with Crippen molar-refractivity contribution in [2.45, 2.75) is 32.7 Å². The third-order valence-electron chi connectivity index (χ3n) is 3.47. The van der Waals surface area contributed by atoms with Crippen LogP contribution < -0.4 is 10.6 Å². The summed E-state index contributed by atoms with van der Waals surface area (Å²) in [5.41, 5.74) is 1.62. The predicted octanol–water partition coefficient (Wildman–Crippen LogP) is 3.46. The van der Waals surface area contributed by atoms with E-state index in [2.05, 4.69) is 34.6 Å². The third kappa shape index (κ3) is 6.10. The van der Waals surface area contributed by atoms with Gasteiger partial charge in [-0.2, -0.15) is 0 Å². The first kappa shape index (κ1) is 20.4. The van der Waals surface area contributed by atoms with Crippen LogP contribution in [-0.2, 0) is 13.0 Å². The Kier molecular flexibility index (Phi) is 8.73. The van der Waals surface area contributed by atoms with E-state index in [1.807, 2.05) is 12.1 Å². The van der Waals surface area contributed by atoms with Gasteiger partial charge in [0.05, 0.1) is 12.2 Å². The molecule has 0 unspecified atom stereocenters. The number of guanidine groups is 1. The van der Waals surface area contributed by atoms with Gasteiger partial charge in [0.2, 0.25) is 0 Å². The van der Waals surface area contributed by atoms with Gasteiger partial charge in [0.15, 0.2) is 11.7 Å². The van der Waals surface area contributed by atoms with Gasteiger partial charge in [-0.1, -0.05) is 37.2 Å². The standard InChI is InChI=1S/C17H23FN4O.HI/c1-12(2)16-10-14(23-22-16)11-21-17(19-3)20-9-8-13-6-4-5-7-15(13)18;/h4-7,10,12H,8-9,11H2,1-3H3,(H2,19,20,21);1H. The molecule has 0 aliphatic heterocycles. The Balaban J connectivity index is 0.00000288. The minimum atomic E-state index is -0.180. The number of halogens is 2. The highest BCUT2D eigenvalue weighted by Crippen LogP contribution is 2.13. The first-order valence-electron chi connectivity index (χ1n) is 7.73. The maximum atomic E-state index is 13.5. The van der Waals surface area contributed by atoms with Gasteiger partial charge in [-0.15, -0.1) is 24.0 Å². The van der Waals surface area contributed by atoms with E-state index in [1.54, 1.807) is 19.2 Å². The van der Waals surface area contributed by atoms with Crippen LogP contribution >= 0.6 is 24.0 Å². The number of nitrogens with one attached hydrogen (secondary N) is 2. The Hall–Kier alpha value is -1.64. The van der Waals surface area contributed by atoms with Crippen LogP contribution in [0.5, 0.6) is 0 Å². The zero-order valence-corrected chi connectivity index (χ0v) is 16.5. The van der Waals surface area contributed by atoms with Crippen molar-refractivity contribution in [1.82, 2.24) is 15.8 Å². The lowest BCUT2D eigenvalue weighted by atomic mass is 10.1. The molecule has 1 aromatic heterocycles. The summed E-state index contributed by atoms with van der Waals surface area (Å²) in [6.07, 6.45) is 0.590. The topological polar surface area (TPSA) is 62.5 Å². The van der Waals surface area contributed by atoms with Crippen LogP contribution in [0.15, 0.2) is 39.8 Å². The van der Waals surface area contributed by atoms with Crippen LogP contribution in [-0.4, -0.2) is 24.7 Å². The molecule has 1 aromatic carbocycles. The number of benzene rings is 1. The van der Waals surface area contributed by atoms with Crippen LogP contribution in [0.3, 0.4) is 0 Å². The molecule has 2 rings (SSSR count). The Labute approximate surface area is 159 Å². The van der Waals surface area contributed by atoms with Crippen molar-refractivity contribution in [2.75, 3.05) is 13.6 Å². The summed E-state index contributed by atoms with van der Waals surface area (Å²) in [6.45, 7) is 5.23. The first-order valence-corrected chi connectivity index (χ1v) is 7.73. The fraction of sp³-hybridized carbons (Fsp3) is 0.412. The molecule has 0 spiro atoms. The summed E-state index contributed by atoms with van der Waals surface area (Å²) in [6, 6.07) is 8.72. The quantitative estimate of drug-likeness (QED) is 0.406. The largest absolute Gasteiger partial charge is 0.359 e. The minimum absolute atomic E-state index is 0. The number of hydrogen-bond acceptors (Lipinski definition) is 3. The average molecular weight is 446 g/mol. The highest BCUT2D eigenvalue weighted by Gasteiger charge is 2.08. The minimum Gasteiger partial charge on any atom is -0.359 e. The van der Waals surface area contributed by atoms with E-state index >= 15 is 0 Å². The summed E-state index contributed by atoms with van der Waals surface area (Å²) in [5, 5.41) is 10.3. The molecule has 1 heterocycles. The monoisotopic (exact) mass is 446 g/mol. The fourth-order valence-electron chi connectivity index (χ4n) is 2.09. The van der Waals surface area contributed by atoms with Crippen LogP contribution in [0.2, 0.25) is 0 Å². The summed E-state index contributed by atoms with van der Waals surface area (Å²) in [5.74, 6) is 1.56. The molecule has 0 radical (unpaired) electrons. The molecule has 0 fully saturated rings. The van der Waals surface area contributed by atoms with E-state index < -0.39 is 0 Å². The van der Waals surface area contributed by atoms with Gasteiger partial charge < -0.3 is 15.2 Å². The lowest BCUT2D eigenvalue weighted by Gasteiger charge is -2.10. The van der Waals surface area contributed by atoms with E-state index in [1.165, 1.54) is 6.07 Å². The fourth-order valence-corrected chi connectivity index (χ4v) is 2.09. The van der Waals surface area contributed by atoms with E-state index in [9.17, 15) is 4.39 Å². The van der Waals surface area contributed by atoms with Crippen LogP contribution in [0.1, 0.15) is 36.8 Å². The number of rotatable bonds is 6. The highest BCUT2D eigenvalue weighted by atomic mass is 127. The molecule has 0 aliphatic carbocycles. The van der Waals surface area contributed by atoms with Crippen molar-refractivity contribution in [3.05, 3.63) is 53.2 Å². The predicted molar refractivity (Wildman–Crippen MR) is 104 cm³/mol. The molecule has 2 aromatic rings. The Morgan fingerprint density at radius 3 is 2.67 bits per heavy atom. The van der Waals surface area contributed by atoms with Crippen LogP contribution in [0.4, 0.5) is 4.39 Å². The number of aliphatic imine (C=N–C) groups is 1. The molecular weight excluding hydrogens is 422 g/mol. The van der Waals surface area contributed by atoms with Gasteiger partial charge in [0.1, 0.15) is 5.82 Å². The van der Waals surface area contributed by atoms with Crippen molar-refractivity contribution in [3.8, 4) is 0 Å². The van der Waals surface area contributed by atoms with Gasteiger partial charge >= 0.3 is 0 Å². The molecule has 5 nitrogen and oxygen atoms in total. The van der Waals surface area contributed by atoms with Gasteiger partial charge in [-0.05, 0) is 24.0 Å². The summed E-state index contributed by atoms with van der Waals surface area (Å²) < 4.78 is 18.8. The van der Waals surface area contributed by atoms with Gasteiger partial charge in [0, 0.05) is 19.7 Å². The summed E-state index contributed by atoms with van der Waals surface area (Å²) in [7, 11) is 1.69. The first-order chi connectivity index (χ1) is 11.1. The van der Waals surface area contributed by atoms with Crippen molar-refractivity contribution in [3.63, 3.8) is 0 Å². The number of hydrogen-bond donors (Lipinski definition) is 2. The van der Waals surface area contributed by atoms with E-state index in [0.29, 0.717) is 37.0 Å². The molecule has 132 valence electrons. The van der Waals surface area contributed by atoms with Crippen molar-refractivity contribution < 1.29 is 8.91 Å². The second-order valence-corrected chi connectivity index (χ2v) is 5.57. The molecule has 0 atom stereocenters. The smallest absolute Gasteiger partial charge is 0.191 e. The summed E-state index contributed by atoms with van der Waals surface area (Å²) >= 11 is 0. The lowest BCUT2D eigenvalue weighted by Crippen LogP contribution is -2.37. The van der Waals surface area contributed by atoms with E-state index in [4.69, 9.17) is 4.52 Å². The zero-order chi connectivity index (χ0) is 16.7. The van der Waals surface area contributed by atoms with Gasteiger partial charge in [-0.3, -0.25) is 4.99 Å². The molecule has 0 bridgehead atoms. The van der Waals surface area contributed by atoms with E-state index in [0.717, 1.165) is 11.5 Å². The Morgan fingerprint density at radius 2 is 2.04 bits per heavy atom. The highest BCUT2D eigenvalue weighted by molar-refractivity contribution is 14.0. The molecule has 2 N–H and O–H groups in total. The lowest BCUT2D eigenvalue weighted by molar-refractivity contribution is 0.372. The van der Waals surface area contributed by atoms with Gasteiger partial charge in [0.25, 0.3) is 0 Å². The average Bonchev–Trinajstić information content (AvgIpc) is 3.01. The SMILES string of the molecule is CN=C(NCCc1ccccc1F)NCc1cc(C(C)C)no1.I. The molecule has 24 heavy (non-hydrogen) atoms.